The SMILES string of the molecule is CCCOc1ccc(S(=O)(=O)NCCNCC)cc1.Cl. The molecule has 0 aliphatic heterocycles. The predicted molar refractivity (Wildman–Crippen MR) is 83.2 cm³/mol. The summed E-state index contributed by atoms with van der Waals surface area (Å²) in [5, 5.41) is 3.06. The lowest BCUT2D eigenvalue weighted by Crippen LogP contribution is -2.31. The average molecular weight is 323 g/mol. The first-order valence-corrected chi connectivity index (χ1v) is 8.01. The molecule has 0 spiro atoms. The number of halogens is 1. The number of likely N-dealkylation sites (N-methyl/N-ethyl adjacent to an activating group) is 1. The molecule has 0 radical (unpaired) electrons. The zero-order valence-electron chi connectivity index (χ0n) is 11.9. The Morgan fingerprint density at radius 3 is 2.30 bits per heavy atom. The van der Waals surface area contributed by atoms with E-state index in [1.165, 1.54) is 0 Å². The number of nitrogens with one attached hydrogen (secondary N) is 2. The van der Waals surface area contributed by atoms with Crippen molar-refractivity contribution in [2.45, 2.75) is 25.2 Å². The van der Waals surface area contributed by atoms with Gasteiger partial charge in [-0.2, -0.15) is 0 Å². The van der Waals surface area contributed by atoms with Gasteiger partial charge in [-0.25, -0.2) is 13.1 Å². The lowest BCUT2D eigenvalue weighted by atomic mass is 10.3. The number of hydrogen-bond donors (Lipinski definition) is 2. The maximum Gasteiger partial charge on any atom is 0.240 e. The molecule has 1 rings (SSSR count). The highest BCUT2D eigenvalue weighted by atomic mass is 35.5. The van der Waals surface area contributed by atoms with E-state index >= 15 is 0 Å². The van der Waals surface area contributed by atoms with Gasteiger partial charge in [-0.05, 0) is 37.2 Å². The Morgan fingerprint density at radius 2 is 1.75 bits per heavy atom. The first kappa shape index (κ1) is 19.2. The summed E-state index contributed by atoms with van der Waals surface area (Å²) in [5.74, 6) is 0.688. The molecular formula is C13H23ClN2O3S. The van der Waals surface area contributed by atoms with Gasteiger partial charge < -0.3 is 10.1 Å². The van der Waals surface area contributed by atoms with Crippen LogP contribution in [-0.4, -0.2) is 34.7 Å². The predicted octanol–water partition coefficient (Wildman–Crippen LogP) is 1.78. The number of hydrogen-bond acceptors (Lipinski definition) is 4. The zero-order chi connectivity index (χ0) is 14.1. The quantitative estimate of drug-likeness (QED) is 0.680. The number of rotatable bonds is 9. The summed E-state index contributed by atoms with van der Waals surface area (Å²) in [6, 6.07) is 6.46. The summed E-state index contributed by atoms with van der Waals surface area (Å²) in [5.41, 5.74) is 0. The van der Waals surface area contributed by atoms with Crippen LogP contribution in [0.15, 0.2) is 29.2 Å². The lowest BCUT2D eigenvalue weighted by molar-refractivity contribution is 0.317. The second-order valence-electron chi connectivity index (χ2n) is 4.07. The van der Waals surface area contributed by atoms with Crippen molar-refractivity contribution in [3.63, 3.8) is 0 Å². The normalized spacial score (nSPS) is 10.9. The first-order chi connectivity index (χ1) is 9.10. The summed E-state index contributed by atoms with van der Waals surface area (Å²) >= 11 is 0. The van der Waals surface area contributed by atoms with Crippen LogP contribution in [0.5, 0.6) is 5.75 Å². The van der Waals surface area contributed by atoms with E-state index in [4.69, 9.17) is 4.74 Å². The summed E-state index contributed by atoms with van der Waals surface area (Å²) < 4.78 is 31.8. The van der Waals surface area contributed by atoms with Gasteiger partial charge >= 0.3 is 0 Å². The molecule has 0 saturated carbocycles. The van der Waals surface area contributed by atoms with Crippen molar-refractivity contribution in [1.82, 2.24) is 10.0 Å². The summed E-state index contributed by atoms with van der Waals surface area (Å²) in [6.07, 6.45) is 0.923. The van der Waals surface area contributed by atoms with Crippen LogP contribution in [0.1, 0.15) is 20.3 Å². The molecule has 0 amide bonds. The molecule has 116 valence electrons. The van der Waals surface area contributed by atoms with E-state index in [1.807, 2.05) is 13.8 Å². The van der Waals surface area contributed by atoms with Gasteiger partial charge in [0.2, 0.25) is 10.0 Å². The van der Waals surface area contributed by atoms with Crippen molar-refractivity contribution in [3.05, 3.63) is 24.3 Å². The molecule has 0 heterocycles. The second-order valence-corrected chi connectivity index (χ2v) is 5.84. The third-order valence-corrected chi connectivity index (χ3v) is 3.93. The third-order valence-electron chi connectivity index (χ3n) is 2.45. The van der Waals surface area contributed by atoms with Crippen LogP contribution in [0, 0.1) is 0 Å². The molecule has 0 aliphatic carbocycles. The Kier molecular flexibility index (Phi) is 9.58. The van der Waals surface area contributed by atoms with Crippen LogP contribution in [0.4, 0.5) is 0 Å². The highest BCUT2D eigenvalue weighted by Gasteiger charge is 2.12. The molecule has 0 aliphatic rings. The molecular weight excluding hydrogens is 300 g/mol. The molecule has 2 N–H and O–H groups in total. The lowest BCUT2D eigenvalue weighted by Gasteiger charge is -2.08. The van der Waals surface area contributed by atoms with Gasteiger partial charge in [0, 0.05) is 13.1 Å². The van der Waals surface area contributed by atoms with E-state index < -0.39 is 10.0 Å². The second kappa shape index (κ2) is 9.99. The van der Waals surface area contributed by atoms with E-state index in [0.717, 1.165) is 13.0 Å². The van der Waals surface area contributed by atoms with Crippen LogP contribution in [0.25, 0.3) is 0 Å². The monoisotopic (exact) mass is 322 g/mol. The molecule has 20 heavy (non-hydrogen) atoms. The Labute approximate surface area is 127 Å². The van der Waals surface area contributed by atoms with Crippen LogP contribution < -0.4 is 14.8 Å². The van der Waals surface area contributed by atoms with Gasteiger partial charge in [-0.3, -0.25) is 0 Å². The molecule has 0 bridgehead atoms. The van der Waals surface area contributed by atoms with Crippen LogP contribution in [0.2, 0.25) is 0 Å². The van der Waals surface area contributed by atoms with E-state index in [2.05, 4.69) is 10.0 Å². The Bertz CT molecular complexity index is 463. The maximum atomic E-state index is 11.9. The zero-order valence-corrected chi connectivity index (χ0v) is 13.5. The summed E-state index contributed by atoms with van der Waals surface area (Å²) in [6.45, 7) is 6.45. The Hall–Kier alpha value is -0.820. The van der Waals surface area contributed by atoms with Gasteiger partial charge in [-0.1, -0.05) is 13.8 Å². The number of sulfonamides is 1. The van der Waals surface area contributed by atoms with Crippen molar-refractivity contribution in [2.75, 3.05) is 26.2 Å². The highest BCUT2D eigenvalue weighted by molar-refractivity contribution is 7.89. The molecule has 1 aromatic carbocycles. The largest absolute Gasteiger partial charge is 0.494 e. The van der Waals surface area contributed by atoms with E-state index in [-0.39, 0.29) is 17.3 Å². The Balaban J connectivity index is 0.00000361. The summed E-state index contributed by atoms with van der Waals surface area (Å²) in [7, 11) is -3.42. The standard InChI is InChI=1S/C13H22N2O3S.ClH/c1-3-11-18-12-5-7-13(8-6-12)19(16,17)15-10-9-14-4-2;/h5-8,14-15H,3-4,9-11H2,1-2H3;1H. The summed E-state index contributed by atoms with van der Waals surface area (Å²) in [4.78, 5) is 0.257. The molecule has 7 heteroatoms. The van der Waals surface area contributed by atoms with Crippen molar-refractivity contribution in [3.8, 4) is 5.75 Å². The number of ether oxygens (including phenoxy) is 1. The van der Waals surface area contributed by atoms with Gasteiger partial charge in [0.15, 0.2) is 0 Å². The molecule has 0 fully saturated rings. The minimum absolute atomic E-state index is 0. The van der Waals surface area contributed by atoms with Gasteiger partial charge in [0.25, 0.3) is 0 Å². The molecule has 0 atom stereocenters. The van der Waals surface area contributed by atoms with E-state index in [1.54, 1.807) is 24.3 Å². The molecule has 0 saturated heterocycles. The fourth-order valence-electron chi connectivity index (χ4n) is 1.47. The molecule has 1 aromatic rings. The molecule has 0 unspecified atom stereocenters. The molecule has 5 nitrogen and oxygen atoms in total. The highest BCUT2D eigenvalue weighted by Crippen LogP contribution is 2.15. The average Bonchev–Trinajstić information content (AvgIpc) is 2.42. The van der Waals surface area contributed by atoms with Crippen molar-refractivity contribution in [1.29, 1.82) is 0 Å². The Morgan fingerprint density at radius 1 is 1.10 bits per heavy atom. The fourth-order valence-corrected chi connectivity index (χ4v) is 2.50. The van der Waals surface area contributed by atoms with Gasteiger partial charge in [-0.15, -0.1) is 12.4 Å². The van der Waals surface area contributed by atoms with Crippen LogP contribution >= 0.6 is 12.4 Å². The van der Waals surface area contributed by atoms with Gasteiger partial charge in [0.1, 0.15) is 5.75 Å². The third kappa shape index (κ3) is 6.56. The topological polar surface area (TPSA) is 67.4 Å². The fraction of sp³-hybridized carbons (Fsp3) is 0.538. The minimum Gasteiger partial charge on any atom is -0.494 e. The maximum absolute atomic E-state index is 11.9. The van der Waals surface area contributed by atoms with Crippen molar-refractivity contribution in [2.24, 2.45) is 0 Å². The smallest absolute Gasteiger partial charge is 0.240 e. The van der Waals surface area contributed by atoms with Crippen molar-refractivity contribution >= 4 is 22.4 Å². The molecule has 0 aromatic heterocycles. The first-order valence-electron chi connectivity index (χ1n) is 6.53. The minimum atomic E-state index is -3.42. The van der Waals surface area contributed by atoms with Crippen LogP contribution in [0.3, 0.4) is 0 Å². The van der Waals surface area contributed by atoms with E-state index in [9.17, 15) is 8.42 Å². The van der Waals surface area contributed by atoms with E-state index in [0.29, 0.717) is 25.4 Å². The number of benzene rings is 1. The van der Waals surface area contributed by atoms with Crippen LogP contribution in [-0.2, 0) is 10.0 Å². The van der Waals surface area contributed by atoms with Crippen molar-refractivity contribution < 1.29 is 13.2 Å². The van der Waals surface area contributed by atoms with Gasteiger partial charge in [0.05, 0.1) is 11.5 Å².